The van der Waals surface area contributed by atoms with Crippen molar-refractivity contribution in [1.29, 1.82) is 0 Å². The molecule has 0 saturated carbocycles. The molecule has 1 fully saturated rings. The lowest BCUT2D eigenvalue weighted by atomic mass is 10.3. The highest BCUT2D eigenvalue weighted by molar-refractivity contribution is 5.57. The van der Waals surface area contributed by atoms with Gasteiger partial charge in [0.15, 0.2) is 0 Å². The molecule has 0 aromatic carbocycles. The van der Waals surface area contributed by atoms with Crippen molar-refractivity contribution in [1.82, 2.24) is 4.90 Å². The van der Waals surface area contributed by atoms with Gasteiger partial charge < -0.3 is 9.90 Å². The zero-order valence-corrected chi connectivity index (χ0v) is 5.99. The van der Waals surface area contributed by atoms with E-state index >= 15 is 0 Å². The third-order valence-electron chi connectivity index (χ3n) is 1.95. The topological polar surface area (TPSA) is 40.5 Å². The van der Waals surface area contributed by atoms with Crippen LogP contribution in [0, 0.1) is 0 Å². The van der Waals surface area contributed by atoms with Crippen molar-refractivity contribution in [2.24, 2.45) is 0 Å². The Morgan fingerprint density at radius 1 is 1.50 bits per heavy atom. The minimum absolute atomic E-state index is 0.0382. The van der Waals surface area contributed by atoms with E-state index in [2.05, 4.69) is 0 Å². The smallest absolute Gasteiger partial charge is 0.139 e. The maximum atomic E-state index is 10.3. The van der Waals surface area contributed by atoms with Crippen LogP contribution in [0.15, 0.2) is 0 Å². The lowest BCUT2D eigenvalue weighted by Crippen LogP contribution is -2.36. The van der Waals surface area contributed by atoms with Gasteiger partial charge in [0.2, 0.25) is 0 Å². The maximum Gasteiger partial charge on any atom is 0.139 e. The summed E-state index contributed by atoms with van der Waals surface area (Å²) >= 11 is 0. The van der Waals surface area contributed by atoms with Crippen LogP contribution < -0.4 is 0 Å². The molecule has 0 aromatic heterocycles. The Morgan fingerprint density at radius 3 is 2.50 bits per heavy atom. The van der Waals surface area contributed by atoms with Crippen LogP contribution in [0.5, 0.6) is 0 Å². The van der Waals surface area contributed by atoms with Crippen molar-refractivity contribution >= 4 is 6.29 Å². The van der Waals surface area contributed by atoms with Crippen LogP contribution in [-0.2, 0) is 4.79 Å². The molecule has 1 rings (SSSR count). The van der Waals surface area contributed by atoms with Gasteiger partial charge in [-0.05, 0) is 25.9 Å². The van der Waals surface area contributed by atoms with Gasteiger partial charge in [-0.1, -0.05) is 0 Å². The average Bonchev–Trinajstić information content (AvgIpc) is 2.43. The van der Waals surface area contributed by atoms with E-state index in [1.54, 1.807) is 0 Å². The van der Waals surface area contributed by atoms with Crippen molar-refractivity contribution in [3.8, 4) is 0 Å². The molecule has 1 aliphatic rings. The number of hydrogen-bond acceptors (Lipinski definition) is 3. The molecule has 0 spiro atoms. The second-order valence-corrected chi connectivity index (χ2v) is 2.63. The number of aldehydes is 1. The number of hydrogen-bond donors (Lipinski definition) is 1. The highest BCUT2D eigenvalue weighted by atomic mass is 16.3. The summed E-state index contributed by atoms with van der Waals surface area (Å²) < 4.78 is 0. The number of aliphatic hydroxyl groups excluding tert-OH is 1. The van der Waals surface area contributed by atoms with E-state index in [9.17, 15) is 4.79 Å². The summed E-state index contributed by atoms with van der Waals surface area (Å²) in [6, 6.07) is -0.248. The number of aliphatic hydroxyl groups is 1. The van der Waals surface area contributed by atoms with Gasteiger partial charge in [-0.25, -0.2) is 0 Å². The Bertz CT molecular complexity index is 110. The molecule has 1 saturated heterocycles. The van der Waals surface area contributed by atoms with Crippen molar-refractivity contribution in [2.75, 3.05) is 19.7 Å². The van der Waals surface area contributed by atoms with E-state index in [1.165, 1.54) is 0 Å². The van der Waals surface area contributed by atoms with Gasteiger partial charge >= 0.3 is 0 Å². The van der Waals surface area contributed by atoms with Crippen molar-refractivity contribution in [3.63, 3.8) is 0 Å². The normalized spacial score (nSPS) is 22.9. The van der Waals surface area contributed by atoms with Gasteiger partial charge in [-0.3, -0.25) is 4.90 Å². The summed E-state index contributed by atoms with van der Waals surface area (Å²) in [5.74, 6) is 0. The third-order valence-corrected chi connectivity index (χ3v) is 1.95. The van der Waals surface area contributed by atoms with Crippen LogP contribution in [0.25, 0.3) is 0 Å². The summed E-state index contributed by atoms with van der Waals surface area (Å²) in [5, 5.41) is 8.71. The molecule has 0 amide bonds. The van der Waals surface area contributed by atoms with Crippen LogP contribution in [0.1, 0.15) is 12.8 Å². The Labute approximate surface area is 60.6 Å². The molecule has 58 valence electrons. The lowest BCUT2D eigenvalue weighted by Gasteiger charge is -2.19. The zero-order valence-electron chi connectivity index (χ0n) is 5.99. The van der Waals surface area contributed by atoms with E-state index < -0.39 is 0 Å². The molecule has 3 heteroatoms. The summed E-state index contributed by atoms with van der Waals surface area (Å²) in [6.07, 6.45) is 3.14. The summed E-state index contributed by atoms with van der Waals surface area (Å²) in [7, 11) is 0. The van der Waals surface area contributed by atoms with Gasteiger partial charge in [0, 0.05) is 0 Å². The van der Waals surface area contributed by atoms with E-state index in [-0.39, 0.29) is 12.6 Å². The Balaban J connectivity index is 2.36. The van der Waals surface area contributed by atoms with E-state index in [0.29, 0.717) is 0 Å². The number of likely N-dealkylation sites (tertiary alicyclic amines) is 1. The van der Waals surface area contributed by atoms with Crippen LogP contribution in [-0.4, -0.2) is 42.0 Å². The molecule has 1 atom stereocenters. The second-order valence-electron chi connectivity index (χ2n) is 2.63. The monoisotopic (exact) mass is 143 g/mol. The van der Waals surface area contributed by atoms with Crippen LogP contribution >= 0.6 is 0 Å². The minimum Gasteiger partial charge on any atom is -0.394 e. The molecule has 0 aromatic rings. The number of rotatable bonds is 3. The van der Waals surface area contributed by atoms with E-state index in [1.807, 2.05) is 4.90 Å². The molecule has 0 aliphatic carbocycles. The largest absolute Gasteiger partial charge is 0.394 e. The zero-order chi connectivity index (χ0) is 7.40. The molecule has 1 heterocycles. The Morgan fingerprint density at radius 2 is 2.10 bits per heavy atom. The molecule has 1 unspecified atom stereocenters. The molecule has 3 nitrogen and oxygen atoms in total. The molecular weight excluding hydrogens is 130 g/mol. The van der Waals surface area contributed by atoms with Gasteiger partial charge in [0.1, 0.15) is 6.29 Å². The first-order valence-corrected chi connectivity index (χ1v) is 3.68. The molecule has 0 bridgehead atoms. The first kappa shape index (κ1) is 7.69. The molecule has 10 heavy (non-hydrogen) atoms. The van der Waals surface area contributed by atoms with Gasteiger partial charge in [-0.2, -0.15) is 0 Å². The first-order chi connectivity index (χ1) is 4.88. The SMILES string of the molecule is O=CC(CO)N1CCCC1. The van der Waals surface area contributed by atoms with Crippen LogP contribution in [0.3, 0.4) is 0 Å². The Hall–Kier alpha value is -0.410. The van der Waals surface area contributed by atoms with Gasteiger partial charge in [-0.15, -0.1) is 0 Å². The van der Waals surface area contributed by atoms with E-state index in [0.717, 1.165) is 32.2 Å². The molecule has 1 N–H and O–H groups in total. The fraction of sp³-hybridized carbons (Fsp3) is 0.857. The fourth-order valence-electron chi connectivity index (χ4n) is 1.32. The lowest BCUT2D eigenvalue weighted by molar-refractivity contribution is -0.113. The van der Waals surface area contributed by atoms with E-state index in [4.69, 9.17) is 5.11 Å². The standard InChI is InChI=1S/C7H13NO2/c9-5-7(6-10)8-3-1-2-4-8/h5,7,10H,1-4,6H2. The minimum atomic E-state index is -0.248. The number of nitrogens with zero attached hydrogens (tertiary/aromatic N) is 1. The fourth-order valence-corrected chi connectivity index (χ4v) is 1.32. The second kappa shape index (κ2) is 3.68. The molecule has 0 radical (unpaired) electrons. The predicted molar refractivity (Wildman–Crippen MR) is 37.7 cm³/mol. The summed E-state index contributed by atoms with van der Waals surface area (Å²) in [4.78, 5) is 12.3. The van der Waals surface area contributed by atoms with Crippen molar-refractivity contribution in [3.05, 3.63) is 0 Å². The van der Waals surface area contributed by atoms with Crippen molar-refractivity contribution < 1.29 is 9.90 Å². The van der Waals surface area contributed by atoms with Crippen LogP contribution in [0.4, 0.5) is 0 Å². The number of carbonyl (C=O) groups is 1. The van der Waals surface area contributed by atoms with Gasteiger partial charge in [0.25, 0.3) is 0 Å². The van der Waals surface area contributed by atoms with Crippen molar-refractivity contribution in [2.45, 2.75) is 18.9 Å². The van der Waals surface area contributed by atoms with Gasteiger partial charge in [0.05, 0.1) is 12.6 Å². The first-order valence-electron chi connectivity index (χ1n) is 3.68. The quantitative estimate of drug-likeness (QED) is 0.548. The Kier molecular flexibility index (Phi) is 2.83. The van der Waals surface area contributed by atoms with Crippen LogP contribution in [0.2, 0.25) is 0 Å². The maximum absolute atomic E-state index is 10.3. The average molecular weight is 143 g/mol. The number of carbonyl (C=O) groups excluding carboxylic acids is 1. The molecular formula is C7H13NO2. The highest BCUT2D eigenvalue weighted by Gasteiger charge is 2.19. The highest BCUT2D eigenvalue weighted by Crippen LogP contribution is 2.09. The predicted octanol–water partition coefficient (Wildman–Crippen LogP) is -0.358. The summed E-state index contributed by atoms with van der Waals surface area (Å²) in [5.41, 5.74) is 0. The summed E-state index contributed by atoms with van der Waals surface area (Å²) in [6.45, 7) is 1.89. The third kappa shape index (κ3) is 1.55. The molecule has 1 aliphatic heterocycles.